The van der Waals surface area contributed by atoms with Gasteiger partial charge in [-0.15, -0.1) is 0 Å². The van der Waals surface area contributed by atoms with Crippen molar-refractivity contribution in [3.05, 3.63) is 23.5 Å². The third kappa shape index (κ3) is 3.17. The van der Waals surface area contributed by atoms with E-state index in [-0.39, 0.29) is 11.7 Å². The predicted octanol–water partition coefficient (Wildman–Crippen LogP) is 3.42. The fourth-order valence-electron chi connectivity index (χ4n) is 5.76. The molecule has 3 atom stereocenters. The number of hydrogen-bond donors (Lipinski definition) is 4. The van der Waals surface area contributed by atoms with Gasteiger partial charge in [-0.05, 0) is 74.8 Å². The van der Waals surface area contributed by atoms with Crippen LogP contribution in [0.3, 0.4) is 0 Å². The Balaban J connectivity index is 1.35. The van der Waals surface area contributed by atoms with Crippen LogP contribution in [0.4, 0.5) is 0 Å². The van der Waals surface area contributed by atoms with Gasteiger partial charge in [-0.1, -0.05) is 6.42 Å². The van der Waals surface area contributed by atoms with Crippen molar-refractivity contribution in [2.45, 2.75) is 63.3 Å². The van der Waals surface area contributed by atoms with Crippen LogP contribution in [0.25, 0.3) is 11.0 Å². The summed E-state index contributed by atoms with van der Waals surface area (Å²) < 4.78 is 0. The van der Waals surface area contributed by atoms with Gasteiger partial charge in [-0.3, -0.25) is 4.79 Å². The molecule has 3 aliphatic carbocycles. The first-order valence-corrected chi connectivity index (χ1v) is 10.8. The minimum atomic E-state index is -0.106. The molecule has 28 heavy (non-hydrogen) atoms. The molecule has 3 aliphatic rings. The number of aromatic nitrogens is 2. The monoisotopic (exact) mass is 382 g/mol. The predicted molar refractivity (Wildman–Crippen MR) is 108 cm³/mol. The SMILES string of the molecule is N[C@H]1CC[C@@H](CNC(=O)c2ccc(O)c3[nH]c(C4CC5CCC4C5)nc23)CC1. The zero-order chi connectivity index (χ0) is 19.3. The van der Waals surface area contributed by atoms with Gasteiger partial charge in [0.2, 0.25) is 0 Å². The molecule has 3 fully saturated rings. The second-order valence-electron chi connectivity index (χ2n) is 9.25. The second kappa shape index (κ2) is 7.07. The van der Waals surface area contributed by atoms with E-state index in [0.29, 0.717) is 46.9 Å². The van der Waals surface area contributed by atoms with Crippen molar-refractivity contribution < 1.29 is 9.90 Å². The zero-order valence-corrected chi connectivity index (χ0v) is 16.3. The van der Waals surface area contributed by atoms with Crippen molar-refractivity contribution in [2.24, 2.45) is 23.5 Å². The number of fused-ring (bicyclic) bond motifs is 3. The molecule has 0 aliphatic heterocycles. The topological polar surface area (TPSA) is 104 Å². The summed E-state index contributed by atoms with van der Waals surface area (Å²) in [6.07, 6.45) is 9.31. The number of carbonyl (C=O) groups is 1. The number of amides is 1. The minimum absolute atomic E-state index is 0.106. The maximum absolute atomic E-state index is 12.9. The molecule has 1 amide bonds. The summed E-state index contributed by atoms with van der Waals surface area (Å²) in [5.74, 6) is 3.46. The van der Waals surface area contributed by atoms with Crippen LogP contribution < -0.4 is 11.1 Å². The summed E-state index contributed by atoms with van der Waals surface area (Å²) in [7, 11) is 0. The normalized spacial score (nSPS) is 32.1. The van der Waals surface area contributed by atoms with Gasteiger partial charge in [0.05, 0.1) is 5.56 Å². The van der Waals surface area contributed by atoms with Crippen molar-refractivity contribution in [3.8, 4) is 5.75 Å². The fraction of sp³-hybridized carbons (Fsp3) is 0.636. The Labute approximate surface area is 165 Å². The summed E-state index contributed by atoms with van der Waals surface area (Å²) in [4.78, 5) is 21.0. The number of phenols is 1. The average Bonchev–Trinajstić information content (AvgIpc) is 3.43. The highest BCUT2D eigenvalue weighted by atomic mass is 16.3. The molecule has 1 aromatic carbocycles. The van der Waals surface area contributed by atoms with Crippen molar-refractivity contribution >= 4 is 16.9 Å². The van der Waals surface area contributed by atoms with Crippen LogP contribution in [0, 0.1) is 17.8 Å². The molecule has 0 radical (unpaired) electrons. The van der Waals surface area contributed by atoms with E-state index in [1.807, 2.05) is 0 Å². The van der Waals surface area contributed by atoms with Gasteiger partial charge >= 0.3 is 0 Å². The Hall–Kier alpha value is -2.08. The van der Waals surface area contributed by atoms with E-state index < -0.39 is 0 Å². The lowest BCUT2D eigenvalue weighted by Crippen LogP contribution is -2.34. The average molecular weight is 383 g/mol. The second-order valence-corrected chi connectivity index (χ2v) is 9.25. The molecule has 5 N–H and O–H groups in total. The van der Waals surface area contributed by atoms with Crippen molar-refractivity contribution in [3.63, 3.8) is 0 Å². The quantitative estimate of drug-likeness (QED) is 0.650. The van der Waals surface area contributed by atoms with E-state index in [1.165, 1.54) is 25.7 Å². The van der Waals surface area contributed by atoms with Crippen LogP contribution in [-0.4, -0.2) is 33.6 Å². The Morgan fingerprint density at radius 2 is 2.00 bits per heavy atom. The van der Waals surface area contributed by atoms with E-state index in [4.69, 9.17) is 10.7 Å². The number of nitrogens with one attached hydrogen (secondary N) is 2. The Kier molecular flexibility index (Phi) is 4.54. The maximum atomic E-state index is 12.9. The Bertz CT molecular complexity index is 884. The van der Waals surface area contributed by atoms with E-state index in [0.717, 1.165) is 37.4 Å². The van der Waals surface area contributed by atoms with E-state index in [2.05, 4.69) is 10.3 Å². The molecule has 1 aromatic heterocycles. The first kappa shape index (κ1) is 18.0. The minimum Gasteiger partial charge on any atom is -0.506 e. The number of aromatic amines is 1. The standard InChI is InChI=1S/C22H30N4O2/c23-15-5-2-12(3-6-15)11-24-22(28)16-7-8-18(27)20-19(16)25-21(26-20)17-10-13-1-4-14(17)9-13/h7-8,12-15,17,27H,1-6,9-11,23H2,(H,24,28)(H,25,26)/t12-,13?,14?,15+,17?. The molecule has 150 valence electrons. The molecule has 0 saturated heterocycles. The highest BCUT2D eigenvalue weighted by molar-refractivity contribution is 6.06. The van der Waals surface area contributed by atoms with E-state index in [9.17, 15) is 9.90 Å². The summed E-state index contributed by atoms with van der Waals surface area (Å²) in [5.41, 5.74) is 7.71. The third-order valence-electron chi connectivity index (χ3n) is 7.42. The van der Waals surface area contributed by atoms with Crippen molar-refractivity contribution in [1.82, 2.24) is 15.3 Å². The summed E-state index contributed by atoms with van der Waals surface area (Å²) in [5, 5.41) is 13.4. The van der Waals surface area contributed by atoms with Crippen LogP contribution >= 0.6 is 0 Å². The first-order valence-electron chi connectivity index (χ1n) is 10.8. The first-order chi connectivity index (χ1) is 13.6. The van der Waals surface area contributed by atoms with E-state index >= 15 is 0 Å². The van der Waals surface area contributed by atoms with Gasteiger partial charge in [0.1, 0.15) is 22.6 Å². The lowest BCUT2D eigenvalue weighted by molar-refractivity contribution is 0.0944. The molecule has 3 saturated carbocycles. The maximum Gasteiger partial charge on any atom is 0.253 e. The summed E-state index contributed by atoms with van der Waals surface area (Å²) >= 11 is 0. The Morgan fingerprint density at radius 3 is 2.71 bits per heavy atom. The van der Waals surface area contributed by atoms with Crippen LogP contribution in [0.15, 0.2) is 12.1 Å². The summed E-state index contributed by atoms with van der Waals surface area (Å²) in [6.45, 7) is 0.678. The van der Waals surface area contributed by atoms with Gasteiger partial charge in [-0.2, -0.15) is 0 Å². The molecular weight excluding hydrogens is 352 g/mol. The number of hydrogen-bond acceptors (Lipinski definition) is 4. The number of aromatic hydroxyl groups is 1. The molecule has 3 unspecified atom stereocenters. The smallest absolute Gasteiger partial charge is 0.253 e. The number of phenolic OH excluding ortho intramolecular Hbond substituents is 1. The summed E-state index contributed by atoms with van der Waals surface area (Å²) in [6, 6.07) is 3.60. The van der Waals surface area contributed by atoms with Crippen LogP contribution in [0.2, 0.25) is 0 Å². The van der Waals surface area contributed by atoms with Gasteiger partial charge in [-0.25, -0.2) is 4.98 Å². The number of H-pyrrole nitrogens is 1. The van der Waals surface area contributed by atoms with Gasteiger partial charge in [0.25, 0.3) is 5.91 Å². The lowest BCUT2D eigenvalue weighted by atomic mass is 9.86. The van der Waals surface area contributed by atoms with Crippen LogP contribution in [0.5, 0.6) is 5.75 Å². The molecule has 5 rings (SSSR count). The highest BCUT2D eigenvalue weighted by Gasteiger charge is 2.41. The lowest BCUT2D eigenvalue weighted by Gasteiger charge is -2.26. The Morgan fingerprint density at radius 1 is 1.18 bits per heavy atom. The number of benzene rings is 1. The molecule has 2 bridgehead atoms. The molecule has 2 aromatic rings. The molecule has 0 spiro atoms. The molecule has 6 nitrogen and oxygen atoms in total. The molecular formula is C22H30N4O2. The highest BCUT2D eigenvalue weighted by Crippen LogP contribution is 2.52. The third-order valence-corrected chi connectivity index (χ3v) is 7.42. The van der Waals surface area contributed by atoms with Gasteiger partial charge in [0.15, 0.2) is 0 Å². The number of carbonyl (C=O) groups excluding carboxylic acids is 1. The van der Waals surface area contributed by atoms with Gasteiger partial charge in [0, 0.05) is 18.5 Å². The number of rotatable bonds is 4. The number of imidazole rings is 1. The van der Waals surface area contributed by atoms with Crippen molar-refractivity contribution in [1.29, 1.82) is 0 Å². The van der Waals surface area contributed by atoms with E-state index in [1.54, 1.807) is 12.1 Å². The van der Waals surface area contributed by atoms with Crippen LogP contribution in [0.1, 0.15) is 73.5 Å². The fourth-order valence-corrected chi connectivity index (χ4v) is 5.76. The largest absolute Gasteiger partial charge is 0.506 e. The van der Waals surface area contributed by atoms with Crippen LogP contribution in [-0.2, 0) is 0 Å². The molecule has 6 heteroatoms. The zero-order valence-electron chi connectivity index (χ0n) is 16.3. The molecule has 1 heterocycles. The van der Waals surface area contributed by atoms with Gasteiger partial charge < -0.3 is 21.1 Å². The number of nitrogens with zero attached hydrogens (tertiary/aromatic N) is 1. The van der Waals surface area contributed by atoms with Crippen molar-refractivity contribution in [2.75, 3.05) is 6.54 Å². The number of nitrogens with two attached hydrogens (primary N) is 1.